The number of rotatable bonds is 3. The molecule has 1 atom stereocenters. The fraction of sp³-hybridized carbons (Fsp3) is 0.588. The molecule has 0 aliphatic rings. The molecule has 2 nitrogen and oxygen atoms in total. The van der Waals surface area contributed by atoms with E-state index >= 15 is 0 Å². The quantitative estimate of drug-likeness (QED) is 0.811. The zero-order chi connectivity index (χ0) is 15.0. The van der Waals surface area contributed by atoms with Gasteiger partial charge in [0.15, 0.2) is 5.78 Å². The van der Waals surface area contributed by atoms with Crippen LogP contribution in [0, 0.1) is 11.3 Å². The van der Waals surface area contributed by atoms with Gasteiger partial charge in [0.25, 0.3) is 0 Å². The van der Waals surface area contributed by atoms with E-state index in [4.69, 9.17) is 0 Å². The maximum atomic E-state index is 11.6. The van der Waals surface area contributed by atoms with Crippen molar-refractivity contribution in [3.63, 3.8) is 0 Å². The molecule has 0 amide bonds. The van der Waals surface area contributed by atoms with E-state index in [1.165, 1.54) is 6.92 Å². The van der Waals surface area contributed by atoms with Crippen LogP contribution in [0.25, 0.3) is 0 Å². The smallest absolute Gasteiger partial charge is 0.163 e. The highest BCUT2D eigenvalue weighted by Gasteiger charge is 2.36. The van der Waals surface area contributed by atoms with Gasteiger partial charge in [-0.2, -0.15) is 0 Å². The molecule has 1 unspecified atom stereocenters. The summed E-state index contributed by atoms with van der Waals surface area (Å²) < 4.78 is 0. The van der Waals surface area contributed by atoms with Crippen molar-refractivity contribution < 1.29 is 9.90 Å². The van der Waals surface area contributed by atoms with E-state index in [0.29, 0.717) is 11.5 Å². The van der Waals surface area contributed by atoms with Crippen molar-refractivity contribution in [3.05, 3.63) is 29.3 Å². The summed E-state index contributed by atoms with van der Waals surface area (Å²) in [6.07, 6.45) is 0. The molecule has 0 aliphatic carbocycles. The molecule has 0 heterocycles. The zero-order valence-electron chi connectivity index (χ0n) is 13.2. The van der Waals surface area contributed by atoms with E-state index in [0.717, 1.165) is 5.56 Å². The lowest BCUT2D eigenvalue weighted by molar-refractivity contribution is 0.101. The van der Waals surface area contributed by atoms with Crippen LogP contribution in [-0.4, -0.2) is 10.9 Å². The van der Waals surface area contributed by atoms with E-state index in [2.05, 4.69) is 41.5 Å². The predicted molar refractivity (Wildman–Crippen MR) is 79.8 cm³/mol. The second-order valence-corrected chi connectivity index (χ2v) is 7.10. The molecular weight excluding hydrogens is 236 g/mol. The largest absolute Gasteiger partial charge is 0.507 e. The van der Waals surface area contributed by atoms with Crippen molar-refractivity contribution in [3.8, 4) is 5.75 Å². The first-order valence-corrected chi connectivity index (χ1v) is 6.82. The number of phenols is 1. The number of benzene rings is 1. The second-order valence-electron chi connectivity index (χ2n) is 7.10. The molecule has 0 saturated carbocycles. The Morgan fingerprint density at radius 1 is 1.16 bits per heavy atom. The SMILES string of the molecule is CC(=O)c1cc(C(C)(C)C(C)C(C)(C)C)ccc1O. The van der Waals surface area contributed by atoms with Gasteiger partial charge in [0, 0.05) is 0 Å². The van der Waals surface area contributed by atoms with Crippen LogP contribution < -0.4 is 0 Å². The molecule has 0 radical (unpaired) electrons. The highest BCUT2D eigenvalue weighted by molar-refractivity contribution is 5.96. The molecule has 2 heteroatoms. The standard InChI is InChI=1S/C17H26O2/c1-11(18)14-10-13(8-9-15(14)19)17(6,7)12(2)16(3,4)5/h8-10,12,19H,1-7H3. The number of hydrogen-bond donors (Lipinski definition) is 1. The van der Waals surface area contributed by atoms with Crippen molar-refractivity contribution in [1.82, 2.24) is 0 Å². The third kappa shape index (κ3) is 3.17. The highest BCUT2D eigenvalue weighted by atomic mass is 16.3. The lowest BCUT2D eigenvalue weighted by Gasteiger charge is -2.41. The summed E-state index contributed by atoms with van der Waals surface area (Å²) in [7, 11) is 0. The molecule has 1 aromatic rings. The Bertz CT molecular complexity index is 479. The van der Waals surface area contributed by atoms with Gasteiger partial charge in [0.05, 0.1) is 5.56 Å². The molecule has 19 heavy (non-hydrogen) atoms. The maximum absolute atomic E-state index is 11.6. The monoisotopic (exact) mass is 262 g/mol. The van der Waals surface area contributed by atoms with Crippen LogP contribution >= 0.6 is 0 Å². The molecule has 0 aliphatic heterocycles. The van der Waals surface area contributed by atoms with Gasteiger partial charge in [0.2, 0.25) is 0 Å². The van der Waals surface area contributed by atoms with Crippen molar-refractivity contribution in [2.24, 2.45) is 11.3 Å². The minimum Gasteiger partial charge on any atom is -0.507 e. The Morgan fingerprint density at radius 2 is 1.68 bits per heavy atom. The maximum Gasteiger partial charge on any atom is 0.163 e. The average molecular weight is 262 g/mol. The zero-order valence-corrected chi connectivity index (χ0v) is 13.2. The minimum atomic E-state index is -0.0986. The van der Waals surface area contributed by atoms with Gasteiger partial charge in [-0.3, -0.25) is 4.79 Å². The van der Waals surface area contributed by atoms with Gasteiger partial charge in [-0.15, -0.1) is 0 Å². The van der Waals surface area contributed by atoms with Crippen LogP contribution in [0.1, 0.15) is 64.4 Å². The highest BCUT2D eigenvalue weighted by Crippen LogP contribution is 2.42. The average Bonchev–Trinajstić information content (AvgIpc) is 2.26. The van der Waals surface area contributed by atoms with Crippen LogP contribution in [0.3, 0.4) is 0 Å². The van der Waals surface area contributed by atoms with Crippen molar-refractivity contribution in [2.75, 3.05) is 0 Å². The van der Waals surface area contributed by atoms with Gasteiger partial charge in [0.1, 0.15) is 5.75 Å². The molecule has 0 spiro atoms. The summed E-state index contributed by atoms with van der Waals surface area (Å²) in [6, 6.07) is 5.38. The number of Topliss-reactive ketones (excluding diaryl/α,β-unsaturated/α-hetero) is 1. The van der Waals surface area contributed by atoms with Gasteiger partial charge < -0.3 is 5.11 Å². The van der Waals surface area contributed by atoms with Gasteiger partial charge in [-0.05, 0) is 41.4 Å². The summed E-state index contributed by atoms with van der Waals surface area (Å²) in [6.45, 7) is 14.8. The number of carbonyl (C=O) groups excluding carboxylic acids is 1. The van der Waals surface area contributed by atoms with E-state index < -0.39 is 0 Å². The van der Waals surface area contributed by atoms with E-state index in [-0.39, 0.29) is 22.4 Å². The molecule has 0 saturated heterocycles. The molecule has 0 aromatic heterocycles. The topological polar surface area (TPSA) is 37.3 Å². The number of aromatic hydroxyl groups is 1. The Morgan fingerprint density at radius 3 is 2.11 bits per heavy atom. The normalized spacial score (nSPS) is 14.3. The predicted octanol–water partition coefficient (Wildman–Crippen LogP) is 4.55. The lowest BCUT2D eigenvalue weighted by Crippen LogP contribution is -2.35. The van der Waals surface area contributed by atoms with Gasteiger partial charge in [-0.1, -0.05) is 47.6 Å². The molecule has 1 rings (SSSR count). The van der Waals surface area contributed by atoms with E-state index in [1.807, 2.05) is 12.1 Å². The first-order chi connectivity index (χ1) is 8.48. The molecule has 106 valence electrons. The fourth-order valence-electron chi connectivity index (χ4n) is 2.55. The van der Waals surface area contributed by atoms with Crippen LogP contribution in [0.5, 0.6) is 5.75 Å². The fourth-order valence-corrected chi connectivity index (χ4v) is 2.55. The van der Waals surface area contributed by atoms with Gasteiger partial charge >= 0.3 is 0 Å². The van der Waals surface area contributed by atoms with Crippen LogP contribution in [-0.2, 0) is 5.41 Å². The first kappa shape index (κ1) is 15.7. The number of phenolic OH excluding ortho intramolecular Hbond substituents is 1. The van der Waals surface area contributed by atoms with Crippen molar-refractivity contribution in [2.45, 2.75) is 53.9 Å². The molecule has 0 fully saturated rings. The van der Waals surface area contributed by atoms with E-state index in [1.54, 1.807) is 6.07 Å². The first-order valence-electron chi connectivity index (χ1n) is 6.82. The van der Waals surface area contributed by atoms with Crippen molar-refractivity contribution in [1.29, 1.82) is 0 Å². The van der Waals surface area contributed by atoms with Crippen LogP contribution in [0.4, 0.5) is 0 Å². The summed E-state index contributed by atoms with van der Waals surface area (Å²) in [5.41, 5.74) is 1.62. The number of ketones is 1. The summed E-state index contributed by atoms with van der Waals surface area (Å²) in [4.78, 5) is 11.6. The number of hydrogen-bond acceptors (Lipinski definition) is 2. The Balaban J connectivity index is 3.30. The Labute approximate surface area is 116 Å². The molecule has 1 aromatic carbocycles. The number of carbonyl (C=O) groups is 1. The third-order valence-electron chi connectivity index (χ3n) is 4.50. The Kier molecular flexibility index (Phi) is 4.14. The van der Waals surface area contributed by atoms with E-state index in [9.17, 15) is 9.90 Å². The molecular formula is C17H26O2. The summed E-state index contributed by atoms with van der Waals surface area (Å²) in [5.74, 6) is 0.401. The molecule has 1 N–H and O–H groups in total. The summed E-state index contributed by atoms with van der Waals surface area (Å²) >= 11 is 0. The van der Waals surface area contributed by atoms with Crippen LogP contribution in [0.2, 0.25) is 0 Å². The summed E-state index contributed by atoms with van der Waals surface area (Å²) in [5, 5.41) is 9.75. The minimum absolute atomic E-state index is 0.0594. The van der Waals surface area contributed by atoms with Crippen molar-refractivity contribution >= 4 is 5.78 Å². The second kappa shape index (κ2) is 4.99. The Hall–Kier alpha value is -1.31. The molecule has 0 bridgehead atoms. The van der Waals surface area contributed by atoms with Gasteiger partial charge in [-0.25, -0.2) is 0 Å². The lowest BCUT2D eigenvalue weighted by atomic mass is 9.64. The third-order valence-corrected chi connectivity index (χ3v) is 4.50. The van der Waals surface area contributed by atoms with Crippen LogP contribution in [0.15, 0.2) is 18.2 Å².